The van der Waals surface area contributed by atoms with E-state index in [0.29, 0.717) is 28.3 Å². The number of hydrogen-bond donors (Lipinski definition) is 2. The van der Waals surface area contributed by atoms with Gasteiger partial charge >= 0.3 is 0 Å². The van der Waals surface area contributed by atoms with E-state index < -0.39 is 15.9 Å². The van der Waals surface area contributed by atoms with Gasteiger partial charge in [-0.05, 0) is 76.1 Å². The average Bonchev–Trinajstić information content (AvgIpc) is 3.75. The lowest BCUT2D eigenvalue weighted by Gasteiger charge is -2.34. The number of amides is 2. The molecule has 0 aromatic heterocycles. The van der Waals surface area contributed by atoms with Crippen LogP contribution in [-0.4, -0.2) is 49.3 Å². The highest BCUT2D eigenvalue weighted by atomic mass is 79.9. The molecule has 2 aliphatic carbocycles. The van der Waals surface area contributed by atoms with Gasteiger partial charge in [-0.2, -0.15) is 0 Å². The topological polar surface area (TPSA) is 112 Å². The molecule has 222 valence electrons. The molecular weight excluding hydrogens is 632 g/mol. The Morgan fingerprint density at radius 2 is 1.70 bits per heavy atom. The van der Waals surface area contributed by atoms with Crippen LogP contribution >= 0.6 is 15.9 Å². The van der Waals surface area contributed by atoms with Crippen LogP contribution < -0.4 is 10.0 Å². The van der Waals surface area contributed by atoms with Crippen LogP contribution in [0.25, 0.3) is 22.3 Å². The molecule has 0 bridgehead atoms. The first-order valence-corrected chi connectivity index (χ1v) is 16.4. The summed E-state index contributed by atoms with van der Waals surface area (Å²) >= 11 is 3.77. The molecule has 0 saturated heterocycles. The summed E-state index contributed by atoms with van der Waals surface area (Å²) < 4.78 is 34.6. The third-order valence-corrected chi connectivity index (χ3v) is 10.2. The second-order valence-electron chi connectivity index (χ2n) is 10.6. The Hall–Kier alpha value is -4.09. The Morgan fingerprint density at radius 1 is 0.977 bits per heavy atom. The van der Waals surface area contributed by atoms with Gasteiger partial charge in [-0.25, -0.2) is 13.1 Å². The van der Waals surface area contributed by atoms with Crippen molar-refractivity contribution in [3.63, 3.8) is 0 Å². The summed E-state index contributed by atoms with van der Waals surface area (Å²) in [5.74, 6) is -0.912. The molecule has 6 rings (SSSR count). The molecular formula is C32H31BrN4O5S. The molecule has 2 aromatic rings. The fourth-order valence-electron chi connectivity index (χ4n) is 5.84. The Balaban J connectivity index is 1.45. The zero-order valence-corrected chi connectivity index (χ0v) is 26.1. The summed E-state index contributed by atoms with van der Waals surface area (Å²) in [5, 5.41) is 2.79. The number of nitrogens with one attached hydrogen (secondary N) is 2. The maximum Gasteiger partial charge on any atom is 0.268 e. The fourth-order valence-corrected chi connectivity index (χ4v) is 7.58. The van der Waals surface area contributed by atoms with Crippen LogP contribution in [0.2, 0.25) is 0 Å². The fraction of sp³-hybridized carbons (Fsp3) is 0.250. The van der Waals surface area contributed by atoms with Crippen molar-refractivity contribution >= 4 is 37.8 Å². The van der Waals surface area contributed by atoms with E-state index in [2.05, 4.69) is 42.7 Å². The van der Waals surface area contributed by atoms with Crippen LogP contribution in [0, 0.1) is 0 Å². The third kappa shape index (κ3) is 5.31. The molecule has 1 unspecified atom stereocenters. The minimum Gasteiger partial charge on any atom is -0.472 e. The highest BCUT2D eigenvalue weighted by molar-refractivity contribution is 9.10. The van der Waals surface area contributed by atoms with Crippen LogP contribution in [0.3, 0.4) is 0 Å². The molecule has 1 fully saturated rings. The number of likely N-dealkylation sites (N-methyl/N-ethyl adjacent to an activating group) is 1. The molecule has 11 heteroatoms. The van der Waals surface area contributed by atoms with E-state index in [1.54, 1.807) is 56.0 Å². The Labute approximate surface area is 259 Å². The van der Waals surface area contributed by atoms with Crippen molar-refractivity contribution in [3.05, 3.63) is 101 Å². The van der Waals surface area contributed by atoms with E-state index in [4.69, 9.17) is 4.42 Å². The maximum absolute atomic E-state index is 13.6. The molecule has 43 heavy (non-hydrogen) atoms. The van der Waals surface area contributed by atoms with Crippen LogP contribution in [0.4, 0.5) is 0 Å². The molecule has 0 spiro atoms. The smallest absolute Gasteiger partial charge is 0.268 e. The van der Waals surface area contributed by atoms with Crippen LogP contribution in [0.1, 0.15) is 42.1 Å². The van der Waals surface area contributed by atoms with Crippen molar-refractivity contribution in [1.29, 1.82) is 0 Å². The lowest BCUT2D eigenvalue weighted by atomic mass is 9.97. The molecule has 4 aliphatic rings. The maximum atomic E-state index is 13.6. The minimum absolute atomic E-state index is 0.00302. The molecule has 9 nitrogen and oxygen atoms in total. The quantitative estimate of drug-likeness (QED) is 0.242. The number of carbonyl (C=O) groups excluding carboxylic acids is 2. The van der Waals surface area contributed by atoms with Gasteiger partial charge in [-0.3, -0.25) is 9.59 Å². The molecule has 2 amide bonds. The minimum atomic E-state index is -4.10. The number of fused-ring (bicyclic) bond motifs is 1. The predicted molar refractivity (Wildman–Crippen MR) is 166 cm³/mol. The Bertz CT molecular complexity index is 1800. The van der Waals surface area contributed by atoms with Gasteiger partial charge in [0.15, 0.2) is 0 Å². The first kappa shape index (κ1) is 29.0. The predicted octanol–water partition coefficient (Wildman–Crippen LogP) is 5.54. The number of nitrogens with zero attached hydrogens (tertiary/aromatic N) is 2. The van der Waals surface area contributed by atoms with Crippen molar-refractivity contribution in [2.75, 3.05) is 7.05 Å². The van der Waals surface area contributed by atoms with Gasteiger partial charge < -0.3 is 19.5 Å². The average molecular weight is 664 g/mol. The Kier molecular flexibility index (Phi) is 7.78. The first-order valence-electron chi connectivity index (χ1n) is 14.1. The molecule has 2 aliphatic heterocycles. The molecule has 2 aromatic carbocycles. The second kappa shape index (κ2) is 11.5. The number of hydrogen-bond acceptors (Lipinski definition) is 7. The van der Waals surface area contributed by atoms with E-state index in [1.807, 2.05) is 18.3 Å². The zero-order chi connectivity index (χ0) is 30.3. The number of rotatable bonds is 9. The van der Waals surface area contributed by atoms with Gasteiger partial charge in [0.2, 0.25) is 0 Å². The van der Waals surface area contributed by atoms with Gasteiger partial charge in [0.1, 0.15) is 11.9 Å². The summed E-state index contributed by atoms with van der Waals surface area (Å²) in [6.07, 6.45) is 8.17. The number of halogens is 1. The second-order valence-corrected chi connectivity index (χ2v) is 13.1. The Morgan fingerprint density at radius 3 is 2.40 bits per heavy atom. The molecule has 2 N–H and O–H groups in total. The van der Waals surface area contributed by atoms with E-state index in [0.717, 1.165) is 41.5 Å². The number of benzene rings is 2. The largest absolute Gasteiger partial charge is 0.472 e. The van der Waals surface area contributed by atoms with Crippen LogP contribution in [0.5, 0.6) is 0 Å². The molecule has 0 radical (unpaired) electrons. The number of carbonyl (C=O) groups is 2. The van der Waals surface area contributed by atoms with E-state index in [1.165, 1.54) is 12.1 Å². The third-order valence-electron chi connectivity index (χ3n) is 8.00. The molecule has 1 saturated carbocycles. The van der Waals surface area contributed by atoms with Crippen molar-refractivity contribution in [3.8, 4) is 22.3 Å². The normalized spacial score (nSPS) is 16.8. The van der Waals surface area contributed by atoms with Crippen molar-refractivity contribution in [2.45, 2.75) is 49.8 Å². The SMILES string of the molecule is CCC1N(Cc2c3ccocc-3c(Br)c2-c2ccccc2C(=O)NS(=O)(=O)c2ccccc2)C(C(=O)NC)=CN1C1CC1. The van der Waals surface area contributed by atoms with E-state index in [-0.39, 0.29) is 22.5 Å². The van der Waals surface area contributed by atoms with Crippen molar-refractivity contribution < 1.29 is 22.4 Å². The highest BCUT2D eigenvalue weighted by Crippen LogP contribution is 2.48. The zero-order valence-electron chi connectivity index (χ0n) is 23.7. The molecule has 1 atom stereocenters. The van der Waals surface area contributed by atoms with Gasteiger partial charge in [0, 0.05) is 47.0 Å². The van der Waals surface area contributed by atoms with E-state index >= 15 is 0 Å². The lowest BCUT2D eigenvalue weighted by molar-refractivity contribution is -0.118. The first-order chi connectivity index (χ1) is 20.7. The van der Waals surface area contributed by atoms with Gasteiger partial charge in [0.05, 0.1) is 17.4 Å². The summed E-state index contributed by atoms with van der Waals surface area (Å²) in [7, 11) is -2.47. The van der Waals surface area contributed by atoms with Crippen molar-refractivity contribution in [2.24, 2.45) is 0 Å². The summed E-state index contributed by atoms with van der Waals surface area (Å²) in [6.45, 7) is 2.49. The van der Waals surface area contributed by atoms with Crippen LogP contribution in [-0.2, 0) is 21.4 Å². The van der Waals surface area contributed by atoms with Crippen molar-refractivity contribution in [1.82, 2.24) is 19.8 Å². The molecule has 2 heterocycles. The summed E-state index contributed by atoms with van der Waals surface area (Å²) in [6, 6.07) is 17.0. The number of sulfonamides is 1. The van der Waals surface area contributed by atoms with Gasteiger partial charge in [-0.1, -0.05) is 43.3 Å². The highest BCUT2D eigenvalue weighted by Gasteiger charge is 2.42. The van der Waals surface area contributed by atoms with E-state index in [9.17, 15) is 18.0 Å². The summed E-state index contributed by atoms with van der Waals surface area (Å²) in [5.41, 5.74) is 4.65. The van der Waals surface area contributed by atoms with Gasteiger partial charge in [-0.15, -0.1) is 0 Å². The lowest BCUT2D eigenvalue weighted by Crippen LogP contribution is -2.42. The van der Waals surface area contributed by atoms with Crippen LogP contribution in [0.15, 0.2) is 98.9 Å². The van der Waals surface area contributed by atoms with Gasteiger partial charge in [0.25, 0.3) is 21.8 Å². The summed E-state index contributed by atoms with van der Waals surface area (Å²) in [4.78, 5) is 31.1. The monoisotopic (exact) mass is 662 g/mol. The standard InChI is InChI=1S/C32H31BrN4O5S/c1-3-28-36(20-13-14-20)18-27(32(39)34-2)37(28)17-25-22-15-16-42-19-26(22)30(33)29(25)23-11-7-8-12-24(23)31(38)35-43(40,41)21-9-5-4-6-10-21/h4-12,15-16,18-20,28H,3,13-14,17H2,1-2H3,(H,34,39)(H,35,38).